The SMILES string of the molecule is CCCCCCC(CO)OC(=O)CCC. The summed E-state index contributed by atoms with van der Waals surface area (Å²) in [4.78, 5) is 11.2. The highest BCUT2D eigenvalue weighted by molar-refractivity contribution is 5.69. The molecule has 0 aromatic rings. The van der Waals surface area contributed by atoms with Crippen LogP contribution in [0, 0.1) is 0 Å². The standard InChI is InChI=1S/C12H24O3/c1-3-5-6-7-9-11(10-13)15-12(14)8-4-2/h11,13H,3-10H2,1-2H3. The summed E-state index contributed by atoms with van der Waals surface area (Å²) in [5, 5.41) is 9.02. The van der Waals surface area contributed by atoms with E-state index in [0.717, 1.165) is 25.7 Å². The number of carbonyl (C=O) groups excluding carboxylic acids is 1. The van der Waals surface area contributed by atoms with Gasteiger partial charge in [0.25, 0.3) is 0 Å². The van der Waals surface area contributed by atoms with Crippen molar-refractivity contribution < 1.29 is 14.6 Å². The number of ether oxygens (including phenoxy) is 1. The third-order valence-electron chi connectivity index (χ3n) is 2.34. The molecule has 0 bridgehead atoms. The topological polar surface area (TPSA) is 46.5 Å². The van der Waals surface area contributed by atoms with Gasteiger partial charge in [-0.3, -0.25) is 4.79 Å². The van der Waals surface area contributed by atoms with Crippen LogP contribution in [0.25, 0.3) is 0 Å². The molecule has 0 aliphatic heterocycles. The lowest BCUT2D eigenvalue weighted by atomic mass is 10.1. The maximum absolute atomic E-state index is 11.2. The quantitative estimate of drug-likeness (QED) is 0.476. The lowest BCUT2D eigenvalue weighted by Crippen LogP contribution is -2.21. The molecule has 3 nitrogen and oxygen atoms in total. The second kappa shape index (κ2) is 9.97. The summed E-state index contributed by atoms with van der Waals surface area (Å²) < 4.78 is 5.13. The molecular weight excluding hydrogens is 192 g/mol. The Labute approximate surface area is 92.8 Å². The molecular formula is C12H24O3. The predicted molar refractivity (Wildman–Crippen MR) is 60.6 cm³/mol. The molecule has 1 atom stereocenters. The van der Waals surface area contributed by atoms with Gasteiger partial charge < -0.3 is 9.84 Å². The summed E-state index contributed by atoms with van der Waals surface area (Å²) in [5.41, 5.74) is 0. The smallest absolute Gasteiger partial charge is 0.306 e. The molecule has 0 aromatic carbocycles. The van der Waals surface area contributed by atoms with Crippen LogP contribution < -0.4 is 0 Å². The number of rotatable bonds is 9. The van der Waals surface area contributed by atoms with Gasteiger partial charge in [0.15, 0.2) is 0 Å². The van der Waals surface area contributed by atoms with E-state index in [9.17, 15) is 4.79 Å². The normalized spacial score (nSPS) is 12.5. The summed E-state index contributed by atoms with van der Waals surface area (Å²) in [5.74, 6) is -0.188. The summed E-state index contributed by atoms with van der Waals surface area (Å²) >= 11 is 0. The Bertz CT molecular complexity index is 157. The van der Waals surface area contributed by atoms with Crippen LogP contribution in [-0.4, -0.2) is 23.8 Å². The first kappa shape index (κ1) is 14.4. The van der Waals surface area contributed by atoms with E-state index in [1.54, 1.807) is 0 Å². The largest absolute Gasteiger partial charge is 0.460 e. The monoisotopic (exact) mass is 216 g/mol. The number of hydrogen-bond donors (Lipinski definition) is 1. The minimum atomic E-state index is -0.291. The molecule has 90 valence electrons. The molecule has 15 heavy (non-hydrogen) atoms. The van der Waals surface area contributed by atoms with Crippen molar-refractivity contribution in [3.63, 3.8) is 0 Å². The van der Waals surface area contributed by atoms with Gasteiger partial charge in [-0.2, -0.15) is 0 Å². The average Bonchev–Trinajstić information content (AvgIpc) is 2.23. The number of esters is 1. The van der Waals surface area contributed by atoms with E-state index < -0.39 is 0 Å². The maximum atomic E-state index is 11.2. The molecule has 0 heterocycles. The minimum absolute atomic E-state index is 0.0540. The first-order valence-electron chi connectivity index (χ1n) is 6.04. The fourth-order valence-corrected chi connectivity index (χ4v) is 1.44. The van der Waals surface area contributed by atoms with Crippen molar-refractivity contribution in [2.45, 2.75) is 64.9 Å². The van der Waals surface area contributed by atoms with Crippen LogP contribution in [0.1, 0.15) is 58.8 Å². The molecule has 0 saturated carbocycles. The average molecular weight is 216 g/mol. The summed E-state index contributed by atoms with van der Waals surface area (Å²) in [6, 6.07) is 0. The molecule has 1 unspecified atom stereocenters. The summed E-state index contributed by atoms with van der Waals surface area (Å²) in [6.07, 6.45) is 6.32. The highest BCUT2D eigenvalue weighted by atomic mass is 16.5. The second-order valence-corrected chi connectivity index (χ2v) is 3.89. The van der Waals surface area contributed by atoms with Gasteiger partial charge in [0.05, 0.1) is 6.61 Å². The highest BCUT2D eigenvalue weighted by Gasteiger charge is 2.11. The lowest BCUT2D eigenvalue weighted by Gasteiger charge is -2.15. The Morgan fingerprint density at radius 3 is 2.47 bits per heavy atom. The molecule has 0 aliphatic carbocycles. The van der Waals surface area contributed by atoms with E-state index >= 15 is 0 Å². The van der Waals surface area contributed by atoms with E-state index in [4.69, 9.17) is 9.84 Å². The highest BCUT2D eigenvalue weighted by Crippen LogP contribution is 2.09. The van der Waals surface area contributed by atoms with Gasteiger partial charge in [0.2, 0.25) is 0 Å². The summed E-state index contributed by atoms with van der Waals surface area (Å²) in [7, 11) is 0. The van der Waals surface area contributed by atoms with Crippen molar-refractivity contribution in [1.29, 1.82) is 0 Å². The number of aliphatic hydroxyl groups excluding tert-OH is 1. The van der Waals surface area contributed by atoms with E-state index in [2.05, 4.69) is 6.92 Å². The number of hydrogen-bond acceptors (Lipinski definition) is 3. The van der Waals surface area contributed by atoms with Gasteiger partial charge >= 0.3 is 5.97 Å². The molecule has 3 heteroatoms. The molecule has 0 saturated heterocycles. The van der Waals surface area contributed by atoms with E-state index in [0.29, 0.717) is 6.42 Å². The van der Waals surface area contributed by atoms with Crippen LogP contribution in [-0.2, 0) is 9.53 Å². The third kappa shape index (κ3) is 8.43. The maximum Gasteiger partial charge on any atom is 0.306 e. The van der Waals surface area contributed by atoms with Crippen LogP contribution in [0.3, 0.4) is 0 Å². The first-order valence-corrected chi connectivity index (χ1v) is 6.04. The fourth-order valence-electron chi connectivity index (χ4n) is 1.44. The zero-order valence-electron chi connectivity index (χ0n) is 10.00. The molecule has 0 rings (SSSR count). The van der Waals surface area contributed by atoms with Gasteiger partial charge in [0.1, 0.15) is 6.10 Å². The van der Waals surface area contributed by atoms with Crippen molar-refractivity contribution in [1.82, 2.24) is 0 Å². The number of carbonyl (C=O) groups is 1. The van der Waals surface area contributed by atoms with Gasteiger partial charge in [-0.1, -0.05) is 33.1 Å². The van der Waals surface area contributed by atoms with E-state index in [1.807, 2.05) is 6.92 Å². The minimum Gasteiger partial charge on any atom is -0.460 e. The summed E-state index contributed by atoms with van der Waals surface area (Å²) in [6.45, 7) is 4.04. The van der Waals surface area contributed by atoms with Crippen molar-refractivity contribution in [3.05, 3.63) is 0 Å². The van der Waals surface area contributed by atoms with Crippen LogP contribution in [0.4, 0.5) is 0 Å². The Morgan fingerprint density at radius 2 is 1.93 bits per heavy atom. The number of unbranched alkanes of at least 4 members (excludes halogenated alkanes) is 3. The van der Waals surface area contributed by atoms with Crippen molar-refractivity contribution in [2.24, 2.45) is 0 Å². The zero-order valence-corrected chi connectivity index (χ0v) is 10.00. The molecule has 0 aliphatic rings. The van der Waals surface area contributed by atoms with E-state index in [1.165, 1.54) is 12.8 Å². The second-order valence-electron chi connectivity index (χ2n) is 3.89. The van der Waals surface area contributed by atoms with Crippen LogP contribution in [0.5, 0.6) is 0 Å². The fraction of sp³-hybridized carbons (Fsp3) is 0.917. The molecule has 0 spiro atoms. The Hall–Kier alpha value is -0.570. The van der Waals surface area contributed by atoms with Gasteiger partial charge in [0, 0.05) is 6.42 Å². The Balaban J connectivity index is 3.58. The zero-order chi connectivity index (χ0) is 11.5. The molecule has 0 aromatic heterocycles. The first-order chi connectivity index (χ1) is 7.24. The van der Waals surface area contributed by atoms with Crippen molar-refractivity contribution in [3.8, 4) is 0 Å². The van der Waals surface area contributed by atoms with Gasteiger partial charge in [-0.15, -0.1) is 0 Å². The molecule has 0 fully saturated rings. The van der Waals surface area contributed by atoms with Crippen molar-refractivity contribution in [2.75, 3.05) is 6.61 Å². The molecule has 0 amide bonds. The van der Waals surface area contributed by atoms with Gasteiger partial charge in [-0.05, 0) is 19.3 Å². The number of aliphatic hydroxyl groups is 1. The Kier molecular flexibility index (Phi) is 9.59. The third-order valence-corrected chi connectivity index (χ3v) is 2.34. The lowest BCUT2D eigenvalue weighted by molar-refractivity contribution is -0.151. The Morgan fingerprint density at radius 1 is 1.20 bits per heavy atom. The van der Waals surface area contributed by atoms with Crippen molar-refractivity contribution >= 4 is 5.97 Å². The van der Waals surface area contributed by atoms with Crippen LogP contribution in [0.15, 0.2) is 0 Å². The molecule has 0 radical (unpaired) electrons. The molecule has 1 N–H and O–H groups in total. The van der Waals surface area contributed by atoms with Crippen LogP contribution in [0.2, 0.25) is 0 Å². The van der Waals surface area contributed by atoms with E-state index in [-0.39, 0.29) is 18.7 Å². The predicted octanol–water partition coefficient (Wildman–Crippen LogP) is 2.66. The van der Waals surface area contributed by atoms with Crippen LogP contribution >= 0.6 is 0 Å². The van der Waals surface area contributed by atoms with Gasteiger partial charge in [-0.25, -0.2) is 0 Å².